The number of hydrogen-bond donors (Lipinski definition) is 0. The molecule has 1 aliphatic rings. The minimum atomic E-state index is -3.88. The lowest BCUT2D eigenvalue weighted by Gasteiger charge is -2.18. The second kappa shape index (κ2) is 7.78. The van der Waals surface area contributed by atoms with Gasteiger partial charge in [0.05, 0.1) is 11.0 Å². The molecule has 1 fully saturated rings. The van der Waals surface area contributed by atoms with Crippen LogP contribution in [0.25, 0.3) is 0 Å². The number of aryl methyl sites for hydroxylation is 1. The van der Waals surface area contributed by atoms with E-state index in [-0.39, 0.29) is 36.2 Å². The maximum Gasteiger partial charge on any atom is 0.262 e. The molecule has 0 spiro atoms. The summed E-state index contributed by atoms with van der Waals surface area (Å²) in [5, 5.41) is -0.498. The first kappa shape index (κ1) is 21.3. The second-order valence-corrected chi connectivity index (χ2v) is 11.9. The molecule has 10 heteroatoms. The zero-order chi connectivity index (χ0) is 20.7. The first-order chi connectivity index (χ1) is 13.0. The molecule has 2 aromatic rings. The lowest BCUT2D eigenvalue weighted by Crippen LogP contribution is -2.33. The molecule has 3 rings (SSSR count). The van der Waals surface area contributed by atoms with E-state index in [1.807, 2.05) is 13.8 Å². The van der Waals surface area contributed by atoms with Gasteiger partial charge in [-0.2, -0.15) is 4.31 Å². The van der Waals surface area contributed by atoms with Crippen molar-refractivity contribution in [3.05, 3.63) is 46.9 Å². The van der Waals surface area contributed by atoms with E-state index in [1.54, 1.807) is 35.9 Å². The number of sulfone groups is 1. The molecule has 7 nitrogen and oxygen atoms in total. The first-order valence-corrected chi connectivity index (χ1v) is 12.6. The number of hydrogen-bond acceptors (Lipinski definition) is 5. The van der Waals surface area contributed by atoms with E-state index in [0.29, 0.717) is 16.4 Å². The van der Waals surface area contributed by atoms with Crippen molar-refractivity contribution in [3.63, 3.8) is 0 Å². The van der Waals surface area contributed by atoms with Gasteiger partial charge >= 0.3 is 0 Å². The molecule has 0 aliphatic carbocycles. The van der Waals surface area contributed by atoms with Crippen molar-refractivity contribution in [1.82, 2.24) is 13.9 Å². The molecule has 28 heavy (non-hydrogen) atoms. The summed E-state index contributed by atoms with van der Waals surface area (Å²) < 4.78 is 54.7. The van der Waals surface area contributed by atoms with Crippen LogP contribution >= 0.6 is 11.6 Å². The van der Waals surface area contributed by atoms with E-state index in [1.165, 1.54) is 10.5 Å². The van der Waals surface area contributed by atoms with E-state index >= 15 is 0 Å². The van der Waals surface area contributed by atoms with E-state index < -0.39 is 25.1 Å². The number of nitrogens with zero attached hydrogens (tertiary/aromatic N) is 3. The molecule has 154 valence electrons. The Hall–Kier alpha value is -1.42. The third kappa shape index (κ3) is 3.98. The molecule has 1 unspecified atom stereocenters. The fourth-order valence-corrected chi connectivity index (χ4v) is 7.20. The normalized spacial score (nSPS) is 21.0. The van der Waals surface area contributed by atoms with Crippen molar-refractivity contribution >= 4 is 31.5 Å². The highest BCUT2D eigenvalue weighted by Crippen LogP contribution is 2.34. The van der Waals surface area contributed by atoms with Crippen LogP contribution in [0.1, 0.15) is 42.8 Å². The number of imidazole rings is 1. The molecule has 1 aliphatic heterocycles. The molecule has 0 amide bonds. The summed E-state index contributed by atoms with van der Waals surface area (Å²) in [5.74, 6) is 0.476. The molecule has 0 saturated carbocycles. The second-order valence-electron chi connectivity index (χ2n) is 7.27. The predicted molar refractivity (Wildman–Crippen MR) is 109 cm³/mol. The van der Waals surface area contributed by atoms with Crippen molar-refractivity contribution in [2.24, 2.45) is 7.05 Å². The third-order valence-electron chi connectivity index (χ3n) is 4.96. The summed E-state index contributed by atoms with van der Waals surface area (Å²) in [6, 6.07) is 6.80. The Morgan fingerprint density at radius 2 is 1.89 bits per heavy atom. The molecule has 0 bridgehead atoms. The van der Waals surface area contributed by atoms with E-state index in [0.717, 1.165) is 0 Å². The highest BCUT2D eigenvalue weighted by Gasteiger charge is 2.37. The van der Waals surface area contributed by atoms with Crippen LogP contribution in [0.4, 0.5) is 0 Å². The molecule has 0 N–H and O–H groups in total. The van der Waals surface area contributed by atoms with Gasteiger partial charge in [-0.05, 0) is 18.1 Å². The maximum atomic E-state index is 13.1. The smallest absolute Gasteiger partial charge is 0.262 e. The monoisotopic (exact) mass is 445 g/mol. The van der Waals surface area contributed by atoms with Gasteiger partial charge in [-0.25, -0.2) is 21.8 Å². The van der Waals surface area contributed by atoms with E-state index in [9.17, 15) is 16.8 Å². The SMILES string of the molecule is CC(C)c1nc(S(=O)(=O)N2CCC(c3ccccc3Cl)S(=O)(=O)CC2)cn1C. The van der Waals surface area contributed by atoms with Gasteiger partial charge in [0.2, 0.25) is 0 Å². The van der Waals surface area contributed by atoms with E-state index in [4.69, 9.17) is 11.6 Å². The average Bonchev–Trinajstić information content (AvgIpc) is 2.93. The Kier molecular flexibility index (Phi) is 5.91. The summed E-state index contributed by atoms with van der Waals surface area (Å²) in [6.07, 6.45) is 1.63. The first-order valence-electron chi connectivity index (χ1n) is 9.03. The summed E-state index contributed by atoms with van der Waals surface area (Å²) >= 11 is 6.20. The van der Waals surface area contributed by atoms with Crippen LogP contribution in [0.3, 0.4) is 0 Å². The predicted octanol–water partition coefficient (Wildman–Crippen LogP) is 2.75. The van der Waals surface area contributed by atoms with Crippen LogP contribution in [0.2, 0.25) is 5.02 Å². The van der Waals surface area contributed by atoms with Gasteiger partial charge in [0, 0.05) is 37.3 Å². The van der Waals surface area contributed by atoms with Crippen molar-refractivity contribution < 1.29 is 16.8 Å². The fraction of sp³-hybridized carbons (Fsp3) is 0.500. The molecule has 1 aromatic carbocycles. The number of benzene rings is 1. The molecule has 1 atom stereocenters. The van der Waals surface area contributed by atoms with Crippen LogP contribution in [0.5, 0.6) is 0 Å². The van der Waals surface area contributed by atoms with Crippen LogP contribution in [-0.2, 0) is 26.9 Å². The molecule has 0 radical (unpaired) electrons. The zero-order valence-corrected chi connectivity index (χ0v) is 18.4. The molecule has 1 aromatic heterocycles. The lowest BCUT2D eigenvalue weighted by atomic mass is 10.1. The Bertz CT molecular complexity index is 1080. The Morgan fingerprint density at radius 1 is 1.21 bits per heavy atom. The summed E-state index contributed by atoms with van der Waals surface area (Å²) in [5.41, 5.74) is 0.517. The van der Waals surface area contributed by atoms with Crippen LogP contribution in [-0.4, -0.2) is 49.5 Å². The standard InChI is InChI=1S/C18H24ClN3O4S2/c1-13(2)18-20-17(12-21(18)3)28(25,26)22-9-8-16(27(23,24)11-10-22)14-6-4-5-7-15(14)19/h4-7,12-13,16H,8-11H2,1-3H3. The minimum Gasteiger partial charge on any atom is -0.336 e. The van der Waals surface area contributed by atoms with Gasteiger partial charge in [0.15, 0.2) is 14.9 Å². The molecular formula is C18H24ClN3O4S2. The number of halogens is 1. The van der Waals surface area contributed by atoms with Crippen LogP contribution in [0, 0.1) is 0 Å². The van der Waals surface area contributed by atoms with Crippen molar-refractivity contribution in [3.8, 4) is 0 Å². The largest absolute Gasteiger partial charge is 0.336 e. The third-order valence-corrected chi connectivity index (χ3v) is 9.18. The van der Waals surface area contributed by atoms with Crippen molar-refractivity contribution in [1.29, 1.82) is 0 Å². The summed E-state index contributed by atoms with van der Waals surface area (Å²) in [6.45, 7) is 3.86. The van der Waals surface area contributed by atoms with Crippen LogP contribution < -0.4 is 0 Å². The van der Waals surface area contributed by atoms with Gasteiger partial charge < -0.3 is 4.57 Å². The molecular weight excluding hydrogens is 422 g/mol. The van der Waals surface area contributed by atoms with Gasteiger partial charge in [-0.1, -0.05) is 43.6 Å². The molecule has 1 saturated heterocycles. The fourth-order valence-electron chi connectivity index (χ4n) is 3.49. The number of rotatable bonds is 4. The zero-order valence-electron chi connectivity index (χ0n) is 16.0. The topological polar surface area (TPSA) is 89.3 Å². The Morgan fingerprint density at radius 3 is 2.50 bits per heavy atom. The summed E-state index contributed by atoms with van der Waals surface area (Å²) in [7, 11) is -5.67. The summed E-state index contributed by atoms with van der Waals surface area (Å²) in [4.78, 5) is 4.28. The maximum absolute atomic E-state index is 13.1. The lowest BCUT2D eigenvalue weighted by molar-refractivity contribution is 0.426. The van der Waals surface area contributed by atoms with Crippen molar-refractivity contribution in [2.45, 2.75) is 36.5 Å². The highest BCUT2D eigenvalue weighted by atomic mass is 35.5. The van der Waals surface area contributed by atoms with Crippen molar-refractivity contribution in [2.75, 3.05) is 18.8 Å². The average molecular weight is 446 g/mol. The minimum absolute atomic E-state index is 0.0488. The van der Waals surface area contributed by atoms with Gasteiger partial charge in [0.1, 0.15) is 5.82 Å². The highest BCUT2D eigenvalue weighted by molar-refractivity contribution is 7.92. The number of aromatic nitrogens is 2. The Balaban J connectivity index is 1.92. The van der Waals surface area contributed by atoms with Gasteiger partial charge in [-0.3, -0.25) is 0 Å². The van der Waals surface area contributed by atoms with Gasteiger partial charge in [0.25, 0.3) is 10.0 Å². The number of sulfonamides is 1. The van der Waals surface area contributed by atoms with Crippen LogP contribution in [0.15, 0.2) is 35.5 Å². The molecule has 2 heterocycles. The Labute approximate surface area is 171 Å². The quantitative estimate of drug-likeness (QED) is 0.721. The van der Waals surface area contributed by atoms with E-state index in [2.05, 4.69) is 4.98 Å². The van der Waals surface area contributed by atoms with Gasteiger partial charge in [-0.15, -0.1) is 0 Å².